The van der Waals surface area contributed by atoms with Crippen LogP contribution in [0.3, 0.4) is 0 Å². The van der Waals surface area contributed by atoms with E-state index in [0.29, 0.717) is 28.8 Å². The van der Waals surface area contributed by atoms with Crippen LogP contribution in [0.25, 0.3) is 0 Å². The van der Waals surface area contributed by atoms with Gasteiger partial charge in [-0.2, -0.15) is 4.31 Å². The largest absolute Gasteiger partial charge is 0.325 e. The molecule has 0 spiro atoms. The maximum absolute atomic E-state index is 12.4. The van der Waals surface area contributed by atoms with Gasteiger partial charge in [0, 0.05) is 30.0 Å². The number of hydrogen-bond donors (Lipinski definition) is 1. The first-order valence-electron chi connectivity index (χ1n) is 8.09. The summed E-state index contributed by atoms with van der Waals surface area (Å²) in [4.78, 5) is 16.3. The fourth-order valence-electron chi connectivity index (χ4n) is 2.59. The Bertz CT molecular complexity index is 882. The first-order valence-corrected chi connectivity index (χ1v) is 10.9. The second-order valence-electron chi connectivity index (χ2n) is 5.79. The van der Waals surface area contributed by atoms with Crippen LogP contribution in [0.15, 0.2) is 52.5 Å². The van der Waals surface area contributed by atoms with Gasteiger partial charge in [0.25, 0.3) is 0 Å². The predicted octanol–water partition coefficient (Wildman–Crippen LogP) is 3.25. The molecule has 1 saturated heterocycles. The minimum atomic E-state index is -3.46. The van der Waals surface area contributed by atoms with Crippen LogP contribution < -0.4 is 5.32 Å². The molecule has 0 saturated carbocycles. The summed E-state index contributed by atoms with van der Waals surface area (Å²) in [5, 5.41) is 3.89. The van der Waals surface area contributed by atoms with Crippen LogP contribution in [0.1, 0.15) is 12.8 Å². The Morgan fingerprint density at radius 1 is 1.23 bits per heavy atom. The number of nitrogens with one attached hydrogen (secondary N) is 1. The molecule has 0 radical (unpaired) electrons. The van der Waals surface area contributed by atoms with Crippen molar-refractivity contribution in [1.29, 1.82) is 0 Å². The van der Waals surface area contributed by atoms with Gasteiger partial charge in [-0.05, 0) is 43.2 Å². The highest BCUT2D eigenvalue weighted by molar-refractivity contribution is 7.99. The Kier molecular flexibility index (Phi) is 6.18. The maximum Gasteiger partial charge on any atom is 0.244 e. The summed E-state index contributed by atoms with van der Waals surface area (Å²) in [7, 11) is -3.46. The number of nitrogens with zero attached hydrogens (tertiary/aromatic N) is 2. The Morgan fingerprint density at radius 3 is 2.65 bits per heavy atom. The molecule has 6 nitrogen and oxygen atoms in total. The van der Waals surface area contributed by atoms with E-state index in [4.69, 9.17) is 11.6 Å². The minimum Gasteiger partial charge on any atom is -0.325 e. The van der Waals surface area contributed by atoms with Gasteiger partial charge in [0.05, 0.1) is 10.8 Å². The van der Waals surface area contributed by atoms with Crippen LogP contribution in [0.2, 0.25) is 5.02 Å². The molecule has 0 bridgehead atoms. The highest BCUT2D eigenvalue weighted by Gasteiger charge is 2.27. The standard InChI is InChI=1S/C17H18ClN3O3S2/c18-13-4-3-5-14(10-13)20-16(22)12-25-17-7-6-15(11-19-17)26(23,24)21-8-1-2-9-21/h3-7,10-11H,1-2,8-9,12H2,(H,20,22). The molecule has 0 atom stereocenters. The van der Waals surface area contributed by atoms with Crippen molar-refractivity contribution < 1.29 is 13.2 Å². The van der Waals surface area contributed by atoms with Crippen molar-refractivity contribution in [1.82, 2.24) is 9.29 Å². The minimum absolute atomic E-state index is 0.164. The number of thioether (sulfide) groups is 1. The van der Waals surface area contributed by atoms with E-state index >= 15 is 0 Å². The SMILES string of the molecule is O=C(CSc1ccc(S(=O)(=O)N2CCCC2)cn1)Nc1cccc(Cl)c1. The molecule has 1 aromatic heterocycles. The van der Waals surface area contributed by atoms with Gasteiger partial charge in [0.2, 0.25) is 15.9 Å². The van der Waals surface area contributed by atoms with E-state index < -0.39 is 10.0 Å². The molecular weight excluding hydrogens is 394 g/mol. The molecule has 2 aromatic rings. The number of amides is 1. The number of halogens is 1. The molecule has 1 aliphatic rings. The molecule has 0 unspecified atom stereocenters. The van der Waals surface area contributed by atoms with E-state index in [1.807, 2.05) is 0 Å². The molecule has 1 aliphatic heterocycles. The first-order chi connectivity index (χ1) is 12.4. The quantitative estimate of drug-likeness (QED) is 0.738. The zero-order chi connectivity index (χ0) is 18.6. The summed E-state index contributed by atoms with van der Waals surface area (Å²) in [6.07, 6.45) is 3.13. The monoisotopic (exact) mass is 411 g/mol. The summed E-state index contributed by atoms with van der Waals surface area (Å²) >= 11 is 7.12. The molecule has 2 heterocycles. The van der Waals surface area contributed by atoms with Gasteiger partial charge >= 0.3 is 0 Å². The molecule has 3 rings (SSSR count). The fourth-order valence-corrected chi connectivity index (χ4v) is 4.88. The maximum atomic E-state index is 12.4. The van der Waals surface area contributed by atoms with Gasteiger partial charge in [0.1, 0.15) is 4.90 Å². The van der Waals surface area contributed by atoms with E-state index in [2.05, 4.69) is 10.3 Å². The molecule has 1 amide bonds. The van der Waals surface area contributed by atoms with Crippen molar-refractivity contribution >= 4 is 45.0 Å². The van der Waals surface area contributed by atoms with Crippen molar-refractivity contribution in [2.24, 2.45) is 0 Å². The van der Waals surface area contributed by atoms with E-state index in [9.17, 15) is 13.2 Å². The fraction of sp³-hybridized carbons (Fsp3) is 0.294. The summed E-state index contributed by atoms with van der Waals surface area (Å²) < 4.78 is 26.4. The Hall–Kier alpha value is -1.61. The molecular formula is C17H18ClN3O3S2. The molecule has 138 valence electrons. The van der Waals surface area contributed by atoms with Gasteiger partial charge in [-0.3, -0.25) is 4.79 Å². The van der Waals surface area contributed by atoms with Crippen molar-refractivity contribution in [3.63, 3.8) is 0 Å². The van der Waals surface area contributed by atoms with Gasteiger partial charge < -0.3 is 5.32 Å². The number of pyridine rings is 1. The molecule has 1 aromatic carbocycles. The average molecular weight is 412 g/mol. The summed E-state index contributed by atoms with van der Waals surface area (Å²) in [5.74, 6) is -0.0228. The lowest BCUT2D eigenvalue weighted by Crippen LogP contribution is -2.27. The van der Waals surface area contributed by atoms with E-state index in [1.165, 1.54) is 28.3 Å². The normalized spacial score (nSPS) is 15.1. The second kappa shape index (κ2) is 8.39. The molecule has 0 aliphatic carbocycles. The highest BCUT2D eigenvalue weighted by Crippen LogP contribution is 2.23. The number of anilines is 1. The topological polar surface area (TPSA) is 79.4 Å². The van der Waals surface area contributed by atoms with Crippen LogP contribution in [-0.4, -0.2) is 42.5 Å². The number of aromatic nitrogens is 1. The number of rotatable bonds is 6. The lowest BCUT2D eigenvalue weighted by Gasteiger charge is -2.15. The van der Waals surface area contributed by atoms with Crippen molar-refractivity contribution in [3.8, 4) is 0 Å². The molecule has 1 N–H and O–H groups in total. The van der Waals surface area contributed by atoms with Crippen molar-refractivity contribution in [2.45, 2.75) is 22.8 Å². The Labute approximate surface area is 162 Å². The lowest BCUT2D eigenvalue weighted by atomic mass is 10.3. The van der Waals surface area contributed by atoms with E-state index in [-0.39, 0.29) is 16.6 Å². The number of hydrogen-bond acceptors (Lipinski definition) is 5. The molecule has 9 heteroatoms. The van der Waals surface area contributed by atoms with Crippen molar-refractivity contribution in [3.05, 3.63) is 47.6 Å². The van der Waals surface area contributed by atoms with E-state index in [1.54, 1.807) is 30.3 Å². The first kappa shape index (κ1) is 19.2. The van der Waals surface area contributed by atoms with Crippen LogP contribution in [0, 0.1) is 0 Å². The van der Waals surface area contributed by atoms with Crippen LogP contribution in [0.5, 0.6) is 0 Å². The van der Waals surface area contributed by atoms with Crippen LogP contribution >= 0.6 is 23.4 Å². The zero-order valence-corrected chi connectivity index (χ0v) is 16.3. The van der Waals surface area contributed by atoms with Crippen LogP contribution in [0.4, 0.5) is 5.69 Å². The second-order valence-corrected chi connectivity index (χ2v) is 9.16. The summed E-state index contributed by atoms with van der Waals surface area (Å²) in [5.41, 5.74) is 0.628. The third-order valence-corrected chi connectivity index (χ3v) is 6.93. The number of sulfonamides is 1. The third kappa shape index (κ3) is 4.76. The van der Waals surface area contributed by atoms with E-state index in [0.717, 1.165) is 12.8 Å². The molecule has 26 heavy (non-hydrogen) atoms. The van der Waals surface area contributed by atoms with Crippen molar-refractivity contribution in [2.75, 3.05) is 24.2 Å². The Balaban J connectivity index is 1.56. The number of benzene rings is 1. The number of carbonyl (C=O) groups excluding carboxylic acids is 1. The predicted molar refractivity (Wildman–Crippen MR) is 103 cm³/mol. The average Bonchev–Trinajstić information content (AvgIpc) is 3.16. The van der Waals surface area contributed by atoms with Gasteiger partial charge in [-0.1, -0.05) is 29.4 Å². The zero-order valence-electron chi connectivity index (χ0n) is 13.9. The van der Waals surface area contributed by atoms with Crippen LogP contribution in [-0.2, 0) is 14.8 Å². The lowest BCUT2D eigenvalue weighted by molar-refractivity contribution is -0.113. The number of carbonyl (C=O) groups is 1. The smallest absolute Gasteiger partial charge is 0.244 e. The highest BCUT2D eigenvalue weighted by atomic mass is 35.5. The van der Waals surface area contributed by atoms with Gasteiger partial charge in [0.15, 0.2) is 0 Å². The molecule has 1 fully saturated rings. The van der Waals surface area contributed by atoms with Gasteiger partial charge in [-0.25, -0.2) is 13.4 Å². The van der Waals surface area contributed by atoms with Gasteiger partial charge in [-0.15, -0.1) is 0 Å². The Morgan fingerprint density at radius 2 is 2.00 bits per heavy atom. The summed E-state index contributed by atoms with van der Waals surface area (Å²) in [6, 6.07) is 10.1. The third-order valence-electron chi connectivity index (χ3n) is 3.87. The summed E-state index contributed by atoms with van der Waals surface area (Å²) in [6.45, 7) is 1.12.